The molecule has 4 aromatic rings. The molecule has 140 valence electrons. The monoisotopic (exact) mass is 377 g/mol. The first-order chi connectivity index (χ1) is 14.3. The number of carbonyl (C=O) groups excluding carboxylic acids is 1. The number of fused-ring (bicyclic) bond motifs is 2. The maximum absolute atomic E-state index is 12.9. The molecule has 29 heavy (non-hydrogen) atoms. The van der Waals surface area contributed by atoms with Gasteiger partial charge in [-0.15, -0.1) is 0 Å². The third-order valence-corrected chi connectivity index (χ3v) is 5.05. The molecule has 1 amide bonds. The van der Waals surface area contributed by atoms with Gasteiger partial charge in [0.25, 0.3) is 5.91 Å². The average molecular weight is 377 g/mol. The van der Waals surface area contributed by atoms with Gasteiger partial charge in [-0.05, 0) is 29.0 Å². The second kappa shape index (κ2) is 7.24. The zero-order chi connectivity index (χ0) is 19.6. The Bertz CT molecular complexity index is 1230. The Hall–Kier alpha value is -3.92. The molecule has 0 aliphatic carbocycles. The molecule has 0 saturated heterocycles. The lowest BCUT2D eigenvalue weighted by atomic mass is 10.0. The van der Waals surface area contributed by atoms with E-state index in [1.165, 1.54) is 0 Å². The summed E-state index contributed by atoms with van der Waals surface area (Å²) < 4.78 is 0. The first-order valence-corrected chi connectivity index (χ1v) is 9.57. The van der Waals surface area contributed by atoms with E-state index < -0.39 is 6.17 Å². The van der Waals surface area contributed by atoms with Crippen LogP contribution in [0, 0.1) is 0 Å². The van der Waals surface area contributed by atoms with Crippen LogP contribution in [0.15, 0.2) is 102 Å². The van der Waals surface area contributed by atoms with Gasteiger partial charge in [0.15, 0.2) is 6.17 Å². The van der Waals surface area contributed by atoms with Gasteiger partial charge < -0.3 is 10.6 Å². The van der Waals surface area contributed by atoms with Crippen molar-refractivity contribution in [3.63, 3.8) is 0 Å². The summed E-state index contributed by atoms with van der Waals surface area (Å²) in [6, 6.07) is 31.9. The highest BCUT2D eigenvalue weighted by molar-refractivity contribution is 6.19. The molecular weight excluding hydrogens is 358 g/mol. The molecule has 0 aromatic heterocycles. The minimum Gasteiger partial charge on any atom is -0.356 e. The number of benzodiazepines with no additional fused rings is 1. The maximum atomic E-state index is 12.9. The number of anilines is 2. The van der Waals surface area contributed by atoms with E-state index in [1.54, 1.807) is 0 Å². The van der Waals surface area contributed by atoms with E-state index in [9.17, 15) is 4.79 Å². The number of amides is 1. The summed E-state index contributed by atoms with van der Waals surface area (Å²) >= 11 is 0. The van der Waals surface area contributed by atoms with Crippen LogP contribution >= 0.6 is 0 Å². The highest BCUT2D eigenvalue weighted by Crippen LogP contribution is 2.25. The van der Waals surface area contributed by atoms with Crippen molar-refractivity contribution in [3.8, 4) is 0 Å². The minimum atomic E-state index is -0.737. The summed E-state index contributed by atoms with van der Waals surface area (Å²) in [5, 5.41) is 8.58. The predicted molar refractivity (Wildman–Crippen MR) is 119 cm³/mol. The van der Waals surface area contributed by atoms with Crippen LogP contribution in [0.2, 0.25) is 0 Å². The molecule has 4 aromatic carbocycles. The van der Waals surface area contributed by atoms with Crippen LogP contribution in [0.25, 0.3) is 10.8 Å². The smallest absolute Gasteiger partial charge is 0.269 e. The van der Waals surface area contributed by atoms with Crippen molar-refractivity contribution in [2.24, 2.45) is 4.99 Å². The van der Waals surface area contributed by atoms with E-state index in [0.717, 1.165) is 39.0 Å². The maximum Gasteiger partial charge on any atom is 0.269 e. The number of carbonyl (C=O) groups is 1. The zero-order valence-corrected chi connectivity index (χ0v) is 15.7. The van der Waals surface area contributed by atoms with Crippen LogP contribution in [0.1, 0.15) is 11.1 Å². The number of aliphatic imine (C=N–C) groups is 1. The summed E-state index contributed by atoms with van der Waals surface area (Å²) in [6.45, 7) is 0. The molecule has 1 heterocycles. The molecule has 2 N–H and O–H groups in total. The van der Waals surface area contributed by atoms with Crippen molar-refractivity contribution in [2.75, 3.05) is 10.6 Å². The fraction of sp³-hybridized carbons (Fsp3) is 0.0400. The molecule has 0 bridgehead atoms. The number of para-hydroxylation sites is 1. The molecule has 1 unspecified atom stereocenters. The van der Waals surface area contributed by atoms with Gasteiger partial charge in [-0.3, -0.25) is 4.79 Å². The summed E-state index contributed by atoms with van der Waals surface area (Å²) in [4.78, 5) is 17.8. The van der Waals surface area contributed by atoms with Crippen LogP contribution in [0.3, 0.4) is 0 Å². The first kappa shape index (κ1) is 17.2. The van der Waals surface area contributed by atoms with E-state index >= 15 is 0 Å². The van der Waals surface area contributed by atoms with Crippen molar-refractivity contribution < 1.29 is 4.79 Å². The molecule has 5 rings (SSSR count). The molecular formula is C25H19N3O. The largest absolute Gasteiger partial charge is 0.356 e. The number of hydrogen-bond donors (Lipinski definition) is 2. The van der Waals surface area contributed by atoms with E-state index in [0.29, 0.717) is 0 Å². The Balaban J connectivity index is 1.57. The van der Waals surface area contributed by atoms with Gasteiger partial charge in [0.1, 0.15) is 0 Å². The van der Waals surface area contributed by atoms with Gasteiger partial charge in [0.2, 0.25) is 0 Å². The molecule has 0 radical (unpaired) electrons. The second-order valence-electron chi connectivity index (χ2n) is 6.99. The normalized spacial score (nSPS) is 15.8. The predicted octanol–water partition coefficient (Wildman–Crippen LogP) is 5.07. The Morgan fingerprint density at radius 1 is 0.759 bits per heavy atom. The van der Waals surface area contributed by atoms with Gasteiger partial charge in [-0.25, -0.2) is 4.99 Å². The van der Waals surface area contributed by atoms with Crippen molar-refractivity contribution in [1.29, 1.82) is 0 Å². The molecule has 0 saturated carbocycles. The lowest BCUT2D eigenvalue weighted by molar-refractivity contribution is -0.116. The van der Waals surface area contributed by atoms with E-state index in [-0.39, 0.29) is 5.91 Å². The summed E-state index contributed by atoms with van der Waals surface area (Å²) in [6.07, 6.45) is -0.737. The highest BCUT2D eigenvalue weighted by atomic mass is 16.2. The number of hydrogen-bond acceptors (Lipinski definition) is 3. The fourth-order valence-corrected chi connectivity index (χ4v) is 3.62. The third-order valence-electron chi connectivity index (χ3n) is 5.05. The van der Waals surface area contributed by atoms with Gasteiger partial charge in [0, 0.05) is 16.8 Å². The summed E-state index contributed by atoms with van der Waals surface area (Å²) in [5.41, 5.74) is 4.29. The zero-order valence-electron chi connectivity index (χ0n) is 15.7. The van der Waals surface area contributed by atoms with E-state index in [4.69, 9.17) is 4.99 Å². The van der Waals surface area contributed by atoms with Crippen molar-refractivity contribution in [3.05, 3.63) is 108 Å². The van der Waals surface area contributed by atoms with Crippen LogP contribution < -0.4 is 10.6 Å². The molecule has 1 aliphatic rings. The van der Waals surface area contributed by atoms with Crippen molar-refractivity contribution >= 4 is 33.8 Å². The standard InChI is InChI=1S/C25H19N3O/c29-25-24(26-20-15-14-17-8-4-5-11-19(17)16-20)28-23(18-9-2-1-3-10-18)21-12-6-7-13-22(21)27-25/h1-16,24,26H,(H,27,29). The number of benzene rings is 4. The first-order valence-electron chi connectivity index (χ1n) is 9.57. The van der Waals surface area contributed by atoms with E-state index in [1.807, 2.05) is 84.9 Å². The minimum absolute atomic E-state index is 0.184. The SMILES string of the molecule is O=C1Nc2ccccc2C(c2ccccc2)=NC1Nc1ccc2ccccc2c1. The van der Waals surface area contributed by atoms with E-state index in [2.05, 4.69) is 22.8 Å². The van der Waals surface area contributed by atoms with Crippen molar-refractivity contribution in [1.82, 2.24) is 0 Å². The lowest BCUT2D eigenvalue weighted by Crippen LogP contribution is -2.32. The quantitative estimate of drug-likeness (QED) is 0.524. The van der Waals surface area contributed by atoms with Gasteiger partial charge in [-0.1, -0.05) is 78.9 Å². The van der Waals surface area contributed by atoms with Crippen LogP contribution in [0.5, 0.6) is 0 Å². The van der Waals surface area contributed by atoms with Gasteiger partial charge in [-0.2, -0.15) is 0 Å². The highest BCUT2D eigenvalue weighted by Gasteiger charge is 2.25. The molecule has 1 aliphatic heterocycles. The fourth-order valence-electron chi connectivity index (χ4n) is 3.62. The van der Waals surface area contributed by atoms with Crippen LogP contribution in [0.4, 0.5) is 11.4 Å². The molecule has 0 fully saturated rings. The third kappa shape index (κ3) is 3.36. The lowest BCUT2D eigenvalue weighted by Gasteiger charge is -2.15. The number of rotatable bonds is 3. The van der Waals surface area contributed by atoms with Crippen LogP contribution in [-0.4, -0.2) is 17.8 Å². The molecule has 0 spiro atoms. The molecule has 1 atom stereocenters. The molecule has 4 heteroatoms. The number of nitrogens with zero attached hydrogens (tertiary/aromatic N) is 1. The second-order valence-corrected chi connectivity index (χ2v) is 6.99. The topological polar surface area (TPSA) is 53.5 Å². The molecule has 4 nitrogen and oxygen atoms in total. The van der Waals surface area contributed by atoms with Crippen LogP contribution in [-0.2, 0) is 4.79 Å². The average Bonchev–Trinajstić information content (AvgIpc) is 2.91. The van der Waals surface area contributed by atoms with Crippen molar-refractivity contribution in [2.45, 2.75) is 6.17 Å². The van der Waals surface area contributed by atoms with Gasteiger partial charge >= 0.3 is 0 Å². The summed E-state index contributed by atoms with van der Waals surface area (Å²) in [5.74, 6) is -0.184. The number of nitrogens with one attached hydrogen (secondary N) is 2. The Labute approximate surface area is 168 Å². The summed E-state index contributed by atoms with van der Waals surface area (Å²) in [7, 11) is 0. The Morgan fingerprint density at radius 3 is 2.34 bits per heavy atom. The Morgan fingerprint density at radius 2 is 1.48 bits per heavy atom. The Kier molecular flexibility index (Phi) is 4.30. The van der Waals surface area contributed by atoms with Gasteiger partial charge in [0.05, 0.1) is 11.4 Å².